The van der Waals surface area contributed by atoms with Gasteiger partial charge in [-0.05, 0) is 75.3 Å². The molecular formula is C50H33N3O. The van der Waals surface area contributed by atoms with Gasteiger partial charge in [-0.3, -0.25) is 0 Å². The van der Waals surface area contributed by atoms with Gasteiger partial charge in [-0.25, -0.2) is 9.97 Å². The molecule has 0 unspecified atom stereocenters. The van der Waals surface area contributed by atoms with Gasteiger partial charge in [0.25, 0.3) is 0 Å². The normalized spacial score (nSPS) is 12.8. The summed E-state index contributed by atoms with van der Waals surface area (Å²) in [5.41, 5.74) is 16.1. The molecule has 0 spiro atoms. The number of benzene rings is 7. The second kappa shape index (κ2) is 12.3. The lowest BCUT2D eigenvalue weighted by Crippen LogP contribution is -2.15. The summed E-state index contributed by atoms with van der Waals surface area (Å²) in [5, 5.41) is 11.8. The fourth-order valence-electron chi connectivity index (χ4n) is 8.17. The molecule has 2 heterocycles. The molecule has 0 saturated heterocycles. The Bertz CT molecular complexity index is 2890. The van der Waals surface area contributed by atoms with Crippen LogP contribution in [0.5, 0.6) is 0 Å². The number of nitriles is 1. The Morgan fingerprint density at radius 3 is 1.80 bits per heavy atom. The maximum atomic E-state index is 9.66. The smallest absolute Gasteiger partial charge is 0.160 e. The Balaban J connectivity index is 1.13. The molecule has 0 bridgehead atoms. The molecule has 4 heteroatoms. The predicted octanol–water partition coefficient (Wildman–Crippen LogP) is 12.9. The summed E-state index contributed by atoms with van der Waals surface area (Å²) in [7, 11) is 0. The zero-order valence-electron chi connectivity index (χ0n) is 29.8. The lowest BCUT2D eigenvalue weighted by atomic mass is 9.80. The van der Waals surface area contributed by atoms with Gasteiger partial charge in [0.15, 0.2) is 5.82 Å². The minimum Gasteiger partial charge on any atom is -0.455 e. The number of para-hydroxylation sites is 1. The monoisotopic (exact) mass is 691 g/mol. The highest BCUT2D eigenvalue weighted by molar-refractivity contribution is 6.13. The van der Waals surface area contributed by atoms with Gasteiger partial charge < -0.3 is 4.42 Å². The van der Waals surface area contributed by atoms with Crippen LogP contribution in [-0.4, -0.2) is 9.97 Å². The van der Waals surface area contributed by atoms with E-state index >= 15 is 0 Å². The van der Waals surface area contributed by atoms with E-state index in [1.165, 1.54) is 22.3 Å². The van der Waals surface area contributed by atoms with Crippen LogP contribution in [0.25, 0.3) is 89.2 Å². The van der Waals surface area contributed by atoms with Crippen molar-refractivity contribution in [3.63, 3.8) is 0 Å². The van der Waals surface area contributed by atoms with Crippen LogP contribution in [0.1, 0.15) is 30.5 Å². The van der Waals surface area contributed by atoms with Crippen molar-refractivity contribution in [2.75, 3.05) is 0 Å². The minimum atomic E-state index is -0.256. The van der Waals surface area contributed by atoms with E-state index in [0.717, 1.165) is 72.3 Å². The van der Waals surface area contributed by atoms with Crippen LogP contribution in [0.15, 0.2) is 168 Å². The van der Waals surface area contributed by atoms with Crippen molar-refractivity contribution in [2.24, 2.45) is 0 Å². The Morgan fingerprint density at radius 1 is 0.500 bits per heavy atom. The average molecular weight is 692 g/mol. The van der Waals surface area contributed by atoms with Crippen LogP contribution in [0.2, 0.25) is 0 Å². The molecule has 1 aliphatic rings. The molecule has 0 N–H and O–H groups in total. The Morgan fingerprint density at radius 2 is 1.07 bits per heavy atom. The van der Waals surface area contributed by atoms with Gasteiger partial charge in [0.05, 0.1) is 23.0 Å². The highest BCUT2D eigenvalue weighted by Crippen LogP contribution is 2.51. The molecule has 1 aliphatic carbocycles. The Kier molecular flexibility index (Phi) is 7.18. The third-order valence-corrected chi connectivity index (χ3v) is 11.0. The van der Waals surface area contributed by atoms with Gasteiger partial charge >= 0.3 is 0 Å². The Hall–Kier alpha value is -7.09. The molecule has 0 saturated carbocycles. The van der Waals surface area contributed by atoms with Crippen LogP contribution in [0, 0.1) is 11.3 Å². The van der Waals surface area contributed by atoms with Crippen molar-refractivity contribution in [2.45, 2.75) is 19.3 Å². The number of fused-ring (bicyclic) bond motifs is 6. The van der Waals surface area contributed by atoms with Crippen LogP contribution in [0.4, 0.5) is 0 Å². The van der Waals surface area contributed by atoms with Crippen molar-refractivity contribution >= 4 is 21.9 Å². The summed E-state index contributed by atoms with van der Waals surface area (Å²) < 4.78 is 6.70. The van der Waals surface area contributed by atoms with Crippen molar-refractivity contribution in [1.29, 1.82) is 5.26 Å². The first kappa shape index (κ1) is 31.6. The molecule has 0 fully saturated rings. The van der Waals surface area contributed by atoms with E-state index in [4.69, 9.17) is 14.4 Å². The average Bonchev–Trinajstić information content (AvgIpc) is 3.72. The highest BCUT2D eigenvalue weighted by atomic mass is 16.3. The van der Waals surface area contributed by atoms with E-state index in [-0.39, 0.29) is 5.41 Å². The molecule has 10 rings (SSSR count). The summed E-state index contributed by atoms with van der Waals surface area (Å²) >= 11 is 0. The number of aromatic nitrogens is 2. The van der Waals surface area contributed by atoms with Gasteiger partial charge in [-0.15, -0.1) is 0 Å². The largest absolute Gasteiger partial charge is 0.455 e. The topological polar surface area (TPSA) is 62.7 Å². The number of furan rings is 1. The summed E-state index contributed by atoms with van der Waals surface area (Å²) in [6.45, 7) is 4.51. The summed E-state index contributed by atoms with van der Waals surface area (Å²) in [6, 6.07) is 59.0. The van der Waals surface area contributed by atoms with E-state index in [2.05, 4.69) is 123 Å². The third kappa shape index (κ3) is 5.05. The van der Waals surface area contributed by atoms with Gasteiger partial charge in [-0.2, -0.15) is 5.26 Å². The molecule has 0 atom stereocenters. The van der Waals surface area contributed by atoms with Gasteiger partial charge in [0.2, 0.25) is 0 Å². The van der Waals surface area contributed by atoms with Crippen molar-refractivity contribution < 1.29 is 4.42 Å². The minimum absolute atomic E-state index is 0.256. The maximum Gasteiger partial charge on any atom is 0.160 e. The van der Waals surface area contributed by atoms with E-state index < -0.39 is 0 Å². The van der Waals surface area contributed by atoms with E-state index in [9.17, 15) is 5.26 Å². The molecule has 2 aromatic heterocycles. The summed E-state index contributed by atoms with van der Waals surface area (Å²) in [5.74, 6) is 0.691. The Labute approximate surface area is 313 Å². The predicted molar refractivity (Wildman–Crippen MR) is 219 cm³/mol. The fraction of sp³-hybridized carbons (Fsp3) is 0.0600. The van der Waals surface area contributed by atoms with E-state index in [1.807, 2.05) is 60.7 Å². The zero-order chi connectivity index (χ0) is 36.4. The number of rotatable bonds is 5. The van der Waals surface area contributed by atoms with Crippen LogP contribution >= 0.6 is 0 Å². The second-order valence-corrected chi connectivity index (χ2v) is 14.5. The van der Waals surface area contributed by atoms with Gasteiger partial charge in [0.1, 0.15) is 11.2 Å². The van der Waals surface area contributed by atoms with Crippen LogP contribution < -0.4 is 0 Å². The molecule has 4 nitrogen and oxygen atoms in total. The molecule has 0 aliphatic heterocycles. The molecule has 0 radical (unpaired) electrons. The molecular weight excluding hydrogens is 659 g/mol. The lowest BCUT2D eigenvalue weighted by molar-refractivity contribution is 0.660. The molecule has 254 valence electrons. The molecule has 0 amide bonds. The first-order chi connectivity index (χ1) is 26.5. The first-order valence-corrected chi connectivity index (χ1v) is 18.2. The zero-order valence-corrected chi connectivity index (χ0v) is 29.8. The van der Waals surface area contributed by atoms with Gasteiger partial charge in [-0.1, -0.05) is 141 Å². The van der Waals surface area contributed by atoms with Crippen molar-refractivity contribution in [3.05, 3.63) is 180 Å². The molecule has 7 aromatic carbocycles. The number of nitrogens with zero attached hydrogens (tertiary/aromatic N) is 3. The standard InChI is InChI=1S/C50H33N3O/c1-50(2)42-27-31(30-51)17-23-38(42)39-24-22-36(28-43(39)50)37-25-26-41-40-15-9-10-16-46(40)54-48(41)47(37)34-20-18-33(19-21-34)45-29-44(32-11-5-3-6-12-32)52-49(53-45)35-13-7-4-8-14-35/h3-29H,1-2H3. The fourth-order valence-corrected chi connectivity index (χ4v) is 8.17. The number of hydrogen-bond donors (Lipinski definition) is 0. The van der Waals surface area contributed by atoms with Crippen LogP contribution in [-0.2, 0) is 5.41 Å². The van der Waals surface area contributed by atoms with Gasteiger partial charge in [0, 0.05) is 38.4 Å². The molecule has 9 aromatic rings. The van der Waals surface area contributed by atoms with Crippen molar-refractivity contribution in [3.8, 4) is 73.4 Å². The van der Waals surface area contributed by atoms with Crippen molar-refractivity contribution in [1.82, 2.24) is 9.97 Å². The second-order valence-electron chi connectivity index (χ2n) is 14.5. The highest BCUT2D eigenvalue weighted by Gasteiger charge is 2.36. The first-order valence-electron chi connectivity index (χ1n) is 18.2. The lowest BCUT2D eigenvalue weighted by Gasteiger charge is -2.22. The van der Waals surface area contributed by atoms with E-state index in [0.29, 0.717) is 11.4 Å². The SMILES string of the molecule is CC1(C)c2cc(C#N)ccc2-c2ccc(-c3ccc4c(oc5ccccc54)c3-c3ccc(-c4cc(-c5ccccc5)nc(-c5ccccc5)n4)cc3)cc21. The summed E-state index contributed by atoms with van der Waals surface area (Å²) in [6.07, 6.45) is 0. The van der Waals surface area contributed by atoms with E-state index in [1.54, 1.807) is 0 Å². The number of hydrogen-bond acceptors (Lipinski definition) is 4. The quantitative estimate of drug-likeness (QED) is 0.180. The molecule has 54 heavy (non-hydrogen) atoms. The third-order valence-electron chi connectivity index (χ3n) is 11.0. The van der Waals surface area contributed by atoms with Crippen LogP contribution in [0.3, 0.4) is 0 Å². The maximum absolute atomic E-state index is 9.66. The summed E-state index contributed by atoms with van der Waals surface area (Å²) in [4.78, 5) is 10.1.